The predicted molar refractivity (Wildman–Crippen MR) is 53.9 cm³/mol. The topological polar surface area (TPSA) is 49.3 Å². The fourth-order valence-corrected chi connectivity index (χ4v) is 1.57. The van der Waals surface area contributed by atoms with Crippen molar-refractivity contribution in [1.82, 2.24) is 5.32 Å². The van der Waals surface area contributed by atoms with Gasteiger partial charge in [-0.25, -0.2) is 4.79 Å². The van der Waals surface area contributed by atoms with E-state index in [9.17, 15) is 4.79 Å². The van der Waals surface area contributed by atoms with Gasteiger partial charge in [0.2, 0.25) is 0 Å². The summed E-state index contributed by atoms with van der Waals surface area (Å²) in [4.78, 5) is 10.2. The van der Waals surface area contributed by atoms with Crippen molar-refractivity contribution in [3.05, 3.63) is 0 Å². The third-order valence-electron chi connectivity index (χ3n) is 1.87. The lowest BCUT2D eigenvalue weighted by Gasteiger charge is -2.22. The molecule has 3 heteroatoms. The molecule has 78 valence electrons. The molecule has 3 nitrogen and oxygen atoms in total. The fraction of sp³-hybridized carbons (Fsp3) is 0.900. The van der Waals surface area contributed by atoms with Crippen molar-refractivity contribution in [3.63, 3.8) is 0 Å². The lowest BCUT2D eigenvalue weighted by molar-refractivity contribution is 0.193. The summed E-state index contributed by atoms with van der Waals surface area (Å²) in [6.45, 7) is 9.33. The van der Waals surface area contributed by atoms with Gasteiger partial charge in [-0.05, 0) is 24.2 Å². The van der Waals surface area contributed by atoms with Gasteiger partial charge < -0.3 is 10.4 Å². The molecule has 1 atom stereocenters. The van der Waals surface area contributed by atoms with Crippen LogP contribution in [-0.2, 0) is 0 Å². The van der Waals surface area contributed by atoms with E-state index in [-0.39, 0.29) is 0 Å². The van der Waals surface area contributed by atoms with E-state index in [2.05, 4.69) is 33.0 Å². The average molecular weight is 187 g/mol. The Morgan fingerprint density at radius 1 is 1.46 bits per heavy atom. The molecule has 0 saturated heterocycles. The summed E-state index contributed by atoms with van der Waals surface area (Å²) in [5, 5.41) is 10.7. The molecule has 0 aromatic carbocycles. The number of rotatable bonds is 4. The van der Waals surface area contributed by atoms with Crippen LogP contribution in [0.15, 0.2) is 0 Å². The largest absolute Gasteiger partial charge is 0.465 e. The van der Waals surface area contributed by atoms with Crippen LogP contribution < -0.4 is 5.32 Å². The average Bonchev–Trinajstić information content (AvgIpc) is 1.81. The zero-order chi connectivity index (χ0) is 10.5. The Kier molecular flexibility index (Phi) is 4.81. The molecule has 13 heavy (non-hydrogen) atoms. The quantitative estimate of drug-likeness (QED) is 0.711. The van der Waals surface area contributed by atoms with Crippen molar-refractivity contribution < 1.29 is 9.90 Å². The van der Waals surface area contributed by atoms with Gasteiger partial charge in [0.1, 0.15) is 0 Å². The summed E-state index contributed by atoms with van der Waals surface area (Å²) >= 11 is 0. The van der Waals surface area contributed by atoms with Crippen LogP contribution in [0.1, 0.15) is 40.5 Å². The lowest BCUT2D eigenvalue weighted by atomic mass is 9.84. The van der Waals surface area contributed by atoms with E-state index in [1.165, 1.54) is 0 Å². The molecule has 0 aliphatic rings. The van der Waals surface area contributed by atoms with Gasteiger partial charge in [-0.15, -0.1) is 0 Å². The fourth-order valence-electron chi connectivity index (χ4n) is 1.57. The summed E-state index contributed by atoms with van der Waals surface area (Å²) in [5.41, 5.74) is 0.336. The smallest absolute Gasteiger partial charge is 0.404 e. The summed E-state index contributed by atoms with van der Waals surface area (Å²) in [7, 11) is 0. The molecule has 0 spiro atoms. The third-order valence-corrected chi connectivity index (χ3v) is 1.87. The number of amides is 1. The van der Waals surface area contributed by atoms with Crippen LogP contribution in [0, 0.1) is 11.3 Å². The standard InChI is InChI=1S/C10H21NO2/c1-8(7-10(2,3)4)5-6-11-9(12)13/h8,11H,5-7H2,1-4H3,(H,12,13). The maximum Gasteiger partial charge on any atom is 0.404 e. The molecule has 0 saturated carbocycles. The van der Waals surface area contributed by atoms with Crippen LogP contribution in [0.5, 0.6) is 0 Å². The molecule has 0 aromatic rings. The molecule has 0 heterocycles. The van der Waals surface area contributed by atoms with Gasteiger partial charge in [-0.2, -0.15) is 0 Å². The highest BCUT2D eigenvalue weighted by Gasteiger charge is 2.14. The van der Waals surface area contributed by atoms with E-state index in [4.69, 9.17) is 5.11 Å². The van der Waals surface area contributed by atoms with Gasteiger partial charge in [0.25, 0.3) is 0 Å². The van der Waals surface area contributed by atoms with E-state index < -0.39 is 6.09 Å². The van der Waals surface area contributed by atoms with Gasteiger partial charge in [0, 0.05) is 6.54 Å². The van der Waals surface area contributed by atoms with Gasteiger partial charge in [-0.1, -0.05) is 27.7 Å². The van der Waals surface area contributed by atoms with Crippen molar-refractivity contribution in [1.29, 1.82) is 0 Å². The van der Waals surface area contributed by atoms with Crippen LogP contribution in [0.3, 0.4) is 0 Å². The molecular weight excluding hydrogens is 166 g/mol. The molecule has 0 fully saturated rings. The second kappa shape index (κ2) is 5.10. The molecule has 1 amide bonds. The molecule has 0 aromatic heterocycles. The van der Waals surface area contributed by atoms with Crippen molar-refractivity contribution in [3.8, 4) is 0 Å². The number of hydrogen-bond acceptors (Lipinski definition) is 1. The highest BCUT2D eigenvalue weighted by atomic mass is 16.4. The zero-order valence-electron chi connectivity index (χ0n) is 9.05. The Labute approximate surface area is 80.5 Å². The number of hydrogen-bond donors (Lipinski definition) is 2. The first-order chi connectivity index (χ1) is 5.81. The number of nitrogens with one attached hydrogen (secondary N) is 1. The molecule has 1 unspecified atom stereocenters. The van der Waals surface area contributed by atoms with E-state index in [0.29, 0.717) is 17.9 Å². The first-order valence-corrected chi connectivity index (χ1v) is 4.78. The van der Waals surface area contributed by atoms with Crippen molar-refractivity contribution in [2.45, 2.75) is 40.5 Å². The monoisotopic (exact) mass is 187 g/mol. The first-order valence-electron chi connectivity index (χ1n) is 4.78. The Balaban J connectivity index is 3.52. The minimum Gasteiger partial charge on any atom is -0.465 e. The van der Waals surface area contributed by atoms with Crippen molar-refractivity contribution >= 4 is 6.09 Å². The minimum atomic E-state index is -0.928. The normalized spacial score (nSPS) is 13.8. The van der Waals surface area contributed by atoms with Crippen LogP contribution in [0.4, 0.5) is 4.79 Å². The third kappa shape index (κ3) is 9.18. The van der Waals surface area contributed by atoms with Crippen molar-refractivity contribution in [2.24, 2.45) is 11.3 Å². The second-order valence-electron chi connectivity index (χ2n) is 4.89. The van der Waals surface area contributed by atoms with E-state index in [1.807, 2.05) is 0 Å². The molecule has 0 rings (SSSR count). The second-order valence-corrected chi connectivity index (χ2v) is 4.89. The zero-order valence-corrected chi connectivity index (χ0v) is 9.05. The Hall–Kier alpha value is -0.730. The molecule has 0 aliphatic carbocycles. The van der Waals surface area contributed by atoms with Gasteiger partial charge in [0.05, 0.1) is 0 Å². The van der Waals surface area contributed by atoms with E-state index >= 15 is 0 Å². The number of carbonyl (C=O) groups is 1. The van der Waals surface area contributed by atoms with E-state index in [1.54, 1.807) is 0 Å². The van der Waals surface area contributed by atoms with Crippen molar-refractivity contribution in [2.75, 3.05) is 6.54 Å². The van der Waals surface area contributed by atoms with Crippen LogP contribution in [0.25, 0.3) is 0 Å². The van der Waals surface area contributed by atoms with Crippen LogP contribution in [0.2, 0.25) is 0 Å². The number of carboxylic acid groups (broad SMARTS) is 1. The summed E-state index contributed by atoms with van der Waals surface area (Å²) < 4.78 is 0. The predicted octanol–water partition coefficient (Wildman–Crippen LogP) is 2.72. The molecule has 0 radical (unpaired) electrons. The first kappa shape index (κ1) is 12.3. The van der Waals surface area contributed by atoms with Gasteiger partial charge >= 0.3 is 6.09 Å². The highest BCUT2D eigenvalue weighted by Crippen LogP contribution is 2.25. The summed E-state index contributed by atoms with van der Waals surface area (Å²) in [6.07, 6.45) is 1.13. The molecule has 0 aliphatic heterocycles. The van der Waals surface area contributed by atoms with Gasteiger partial charge in [-0.3, -0.25) is 0 Å². The molecule has 0 bridgehead atoms. The maximum absolute atomic E-state index is 10.2. The Morgan fingerprint density at radius 2 is 2.00 bits per heavy atom. The van der Waals surface area contributed by atoms with Crippen LogP contribution in [-0.4, -0.2) is 17.7 Å². The maximum atomic E-state index is 10.2. The highest BCUT2D eigenvalue weighted by molar-refractivity contribution is 5.64. The van der Waals surface area contributed by atoms with Crippen LogP contribution >= 0.6 is 0 Å². The molecular formula is C10H21NO2. The van der Waals surface area contributed by atoms with Gasteiger partial charge in [0.15, 0.2) is 0 Å². The van der Waals surface area contributed by atoms with E-state index in [0.717, 1.165) is 12.8 Å². The summed E-state index contributed by atoms with van der Waals surface area (Å²) in [5.74, 6) is 0.576. The Bertz CT molecular complexity index is 161. The summed E-state index contributed by atoms with van der Waals surface area (Å²) in [6, 6.07) is 0. The lowest BCUT2D eigenvalue weighted by Crippen LogP contribution is -2.24. The SMILES string of the molecule is CC(CCNC(=O)O)CC(C)(C)C. The minimum absolute atomic E-state index is 0.336. The molecule has 2 N–H and O–H groups in total. The Morgan fingerprint density at radius 3 is 2.38 bits per heavy atom.